The van der Waals surface area contributed by atoms with Crippen molar-refractivity contribution in [3.8, 4) is 0 Å². The van der Waals surface area contributed by atoms with Gasteiger partial charge in [-0.1, -0.05) is 18.2 Å². The third-order valence-electron chi connectivity index (χ3n) is 3.88. The van der Waals surface area contributed by atoms with Crippen LogP contribution in [0, 0.1) is 5.82 Å². The molecule has 0 saturated carbocycles. The molecule has 1 fully saturated rings. The second-order valence-corrected chi connectivity index (χ2v) is 7.63. The predicted octanol–water partition coefficient (Wildman–Crippen LogP) is 4.37. The zero-order chi connectivity index (χ0) is 16.2. The van der Waals surface area contributed by atoms with Crippen LogP contribution >= 0.6 is 27.7 Å². The van der Waals surface area contributed by atoms with E-state index in [1.165, 1.54) is 6.07 Å². The van der Waals surface area contributed by atoms with Crippen LogP contribution in [0.5, 0.6) is 0 Å². The average Bonchev–Trinajstić information content (AvgIpc) is 2.58. The Labute approximate surface area is 148 Å². The number of ketones is 1. The lowest BCUT2D eigenvalue weighted by molar-refractivity contribution is 0.103. The normalized spacial score (nSPS) is 15.6. The number of hydrogen-bond donors (Lipinski definition) is 0. The molecule has 0 bridgehead atoms. The first-order chi connectivity index (χ1) is 11.1. The van der Waals surface area contributed by atoms with Crippen molar-refractivity contribution in [1.29, 1.82) is 0 Å². The molecule has 1 saturated heterocycles. The van der Waals surface area contributed by atoms with E-state index < -0.39 is 5.82 Å². The van der Waals surface area contributed by atoms with Crippen molar-refractivity contribution >= 4 is 33.5 Å². The maximum absolute atomic E-state index is 13.6. The van der Waals surface area contributed by atoms with E-state index in [4.69, 9.17) is 0 Å². The lowest BCUT2D eigenvalue weighted by Gasteiger charge is -2.26. The van der Waals surface area contributed by atoms with E-state index in [2.05, 4.69) is 20.8 Å². The molecule has 1 aliphatic rings. The van der Waals surface area contributed by atoms with Crippen molar-refractivity contribution in [3.05, 3.63) is 69.4 Å². The first kappa shape index (κ1) is 16.7. The molecular formula is C18H17BrFNOS. The molecule has 0 radical (unpaired) electrons. The summed E-state index contributed by atoms with van der Waals surface area (Å²) in [6.45, 7) is 3.03. The van der Waals surface area contributed by atoms with Gasteiger partial charge in [-0.15, -0.1) is 0 Å². The summed E-state index contributed by atoms with van der Waals surface area (Å²) in [7, 11) is 0. The van der Waals surface area contributed by atoms with Gasteiger partial charge in [0.2, 0.25) is 0 Å². The van der Waals surface area contributed by atoms with Crippen molar-refractivity contribution in [1.82, 2.24) is 4.90 Å². The quantitative estimate of drug-likeness (QED) is 0.719. The summed E-state index contributed by atoms with van der Waals surface area (Å²) in [6.07, 6.45) is 0. The molecule has 1 heterocycles. The number of carbonyl (C=O) groups is 1. The fraction of sp³-hybridized carbons (Fsp3) is 0.278. The van der Waals surface area contributed by atoms with Crippen LogP contribution in [-0.4, -0.2) is 35.3 Å². The molecule has 0 amide bonds. The summed E-state index contributed by atoms with van der Waals surface area (Å²) in [4.78, 5) is 15.0. The lowest BCUT2D eigenvalue weighted by Crippen LogP contribution is -2.31. The number of hydrogen-bond acceptors (Lipinski definition) is 3. The summed E-state index contributed by atoms with van der Waals surface area (Å²) in [5.41, 5.74) is 2.10. The summed E-state index contributed by atoms with van der Waals surface area (Å²) in [6, 6.07) is 12.1. The lowest BCUT2D eigenvalue weighted by atomic mass is 10.0. The Morgan fingerprint density at radius 2 is 1.87 bits per heavy atom. The highest BCUT2D eigenvalue weighted by molar-refractivity contribution is 9.10. The molecule has 0 aliphatic carbocycles. The van der Waals surface area contributed by atoms with Gasteiger partial charge >= 0.3 is 0 Å². The largest absolute Gasteiger partial charge is 0.297 e. The van der Waals surface area contributed by atoms with Crippen molar-refractivity contribution in [2.45, 2.75) is 6.54 Å². The van der Waals surface area contributed by atoms with Crippen LogP contribution in [0.1, 0.15) is 21.5 Å². The van der Waals surface area contributed by atoms with E-state index >= 15 is 0 Å². The highest BCUT2D eigenvalue weighted by Crippen LogP contribution is 2.20. The number of nitrogens with zero attached hydrogens (tertiary/aromatic N) is 1. The van der Waals surface area contributed by atoms with Gasteiger partial charge < -0.3 is 0 Å². The minimum Gasteiger partial charge on any atom is -0.297 e. The van der Waals surface area contributed by atoms with Crippen LogP contribution in [0.25, 0.3) is 0 Å². The third kappa shape index (κ3) is 4.22. The smallest absolute Gasteiger partial charge is 0.193 e. The molecule has 23 heavy (non-hydrogen) atoms. The molecule has 0 atom stereocenters. The average molecular weight is 394 g/mol. The Bertz CT molecular complexity index is 716. The third-order valence-corrected chi connectivity index (χ3v) is 5.47. The van der Waals surface area contributed by atoms with Gasteiger partial charge in [-0.25, -0.2) is 4.39 Å². The second-order valence-electron chi connectivity index (χ2n) is 5.55. The van der Waals surface area contributed by atoms with E-state index in [-0.39, 0.29) is 5.78 Å². The van der Waals surface area contributed by atoms with Crippen LogP contribution in [0.15, 0.2) is 46.9 Å². The van der Waals surface area contributed by atoms with Crippen LogP contribution in [-0.2, 0) is 6.54 Å². The molecule has 0 aromatic heterocycles. The zero-order valence-corrected chi connectivity index (χ0v) is 15.0. The molecule has 0 unspecified atom stereocenters. The van der Waals surface area contributed by atoms with Gasteiger partial charge in [0.25, 0.3) is 0 Å². The molecule has 1 aliphatic heterocycles. The molecule has 0 spiro atoms. The van der Waals surface area contributed by atoms with Crippen molar-refractivity contribution < 1.29 is 9.18 Å². The van der Waals surface area contributed by atoms with Crippen LogP contribution in [0.4, 0.5) is 4.39 Å². The topological polar surface area (TPSA) is 20.3 Å². The van der Waals surface area contributed by atoms with Crippen molar-refractivity contribution in [3.63, 3.8) is 0 Å². The van der Waals surface area contributed by atoms with Crippen molar-refractivity contribution in [2.24, 2.45) is 0 Å². The number of thioether (sulfide) groups is 1. The minimum absolute atomic E-state index is 0.146. The Balaban J connectivity index is 1.78. The molecule has 5 heteroatoms. The highest BCUT2D eigenvalue weighted by atomic mass is 79.9. The van der Waals surface area contributed by atoms with E-state index in [0.29, 0.717) is 15.6 Å². The van der Waals surface area contributed by atoms with E-state index in [1.54, 1.807) is 18.2 Å². The summed E-state index contributed by atoms with van der Waals surface area (Å²) in [5.74, 6) is 1.76. The number of benzene rings is 2. The van der Waals surface area contributed by atoms with E-state index in [9.17, 15) is 9.18 Å². The Kier molecular flexibility index (Phi) is 5.51. The van der Waals surface area contributed by atoms with Gasteiger partial charge in [0.05, 0.1) is 4.47 Å². The van der Waals surface area contributed by atoms with Gasteiger partial charge in [0, 0.05) is 42.3 Å². The summed E-state index contributed by atoms with van der Waals surface area (Å²) < 4.78 is 14.0. The SMILES string of the molecule is O=C(c1cccc(CN2CCSCC2)c1)c1ccc(Br)c(F)c1. The number of carbonyl (C=O) groups excluding carboxylic acids is 1. The highest BCUT2D eigenvalue weighted by Gasteiger charge is 2.14. The summed E-state index contributed by atoms with van der Waals surface area (Å²) >= 11 is 5.09. The van der Waals surface area contributed by atoms with Crippen molar-refractivity contribution in [2.75, 3.05) is 24.6 Å². The zero-order valence-electron chi connectivity index (χ0n) is 12.6. The number of rotatable bonds is 4. The molecule has 3 rings (SSSR count). The van der Waals surface area contributed by atoms with E-state index in [1.807, 2.05) is 30.0 Å². The van der Waals surface area contributed by atoms with Gasteiger partial charge in [-0.05, 0) is 45.8 Å². The van der Waals surface area contributed by atoms with Gasteiger partial charge in [-0.2, -0.15) is 11.8 Å². The summed E-state index contributed by atoms with van der Waals surface area (Å²) in [5, 5.41) is 0. The van der Waals surface area contributed by atoms with E-state index in [0.717, 1.165) is 36.7 Å². The standard InChI is InChI=1S/C18H17BrFNOS/c19-16-5-4-15(11-17(16)20)18(22)14-3-1-2-13(10-14)12-21-6-8-23-9-7-21/h1-5,10-11H,6-9,12H2. The Hall–Kier alpha value is -1.17. The Morgan fingerprint density at radius 1 is 1.13 bits per heavy atom. The first-order valence-electron chi connectivity index (χ1n) is 7.52. The van der Waals surface area contributed by atoms with Crippen LogP contribution in [0.2, 0.25) is 0 Å². The molecule has 120 valence electrons. The minimum atomic E-state index is -0.419. The first-order valence-corrected chi connectivity index (χ1v) is 9.47. The van der Waals surface area contributed by atoms with Crippen LogP contribution < -0.4 is 0 Å². The van der Waals surface area contributed by atoms with Gasteiger partial charge in [0.15, 0.2) is 5.78 Å². The maximum atomic E-state index is 13.6. The fourth-order valence-corrected chi connectivity index (χ4v) is 3.86. The molecule has 2 aromatic rings. The fourth-order valence-electron chi connectivity index (χ4n) is 2.63. The Morgan fingerprint density at radius 3 is 2.61 bits per heavy atom. The van der Waals surface area contributed by atoms with Crippen LogP contribution in [0.3, 0.4) is 0 Å². The maximum Gasteiger partial charge on any atom is 0.193 e. The predicted molar refractivity (Wildman–Crippen MR) is 96.6 cm³/mol. The molecule has 2 nitrogen and oxygen atoms in total. The van der Waals surface area contributed by atoms with Gasteiger partial charge in [0.1, 0.15) is 5.82 Å². The second kappa shape index (κ2) is 7.60. The molecule has 2 aromatic carbocycles. The van der Waals surface area contributed by atoms with Gasteiger partial charge in [-0.3, -0.25) is 9.69 Å². The molecule has 0 N–H and O–H groups in total. The number of halogens is 2. The monoisotopic (exact) mass is 393 g/mol. The molecular weight excluding hydrogens is 377 g/mol.